The van der Waals surface area contributed by atoms with E-state index in [4.69, 9.17) is 4.74 Å². The number of ether oxygens (including phenoxy) is 1. The van der Waals surface area contributed by atoms with E-state index in [1.165, 1.54) is 5.57 Å². The molecule has 0 N–H and O–H groups in total. The molecule has 0 amide bonds. The molecule has 0 aliphatic heterocycles. The molecule has 0 saturated carbocycles. The Bertz CT molecular complexity index is 687. The van der Waals surface area contributed by atoms with Gasteiger partial charge in [-0.05, 0) is 70.3 Å². The molecule has 0 bridgehead atoms. The predicted molar refractivity (Wildman–Crippen MR) is 101 cm³/mol. The quantitative estimate of drug-likeness (QED) is 0.561. The summed E-state index contributed by atoms with van der Waals surface area (Å²) in [5.41, 5.74) is 3.61. The highest BCUT2D eigenvalue weighted by Gasteiger charge is 2.34. The van der Waals surface area contributed by atoms with Crippen LogP contribution >= 0.6 is 15.9 Å². The Hall–Kier alpha value is -1.16. The van der Waals surface area contributed by atoms with Crippen molar-refractivity contribution in [2.75, 3.05) is 6.67 Å². The maximum Gasteiger partial charge on any atom is 0.197 e. The first-order chi connectivity index (χ1) is 11.1. The second-order valence-electron chi connectivity index (χ2n) is 7.62. The van der Waals surface area contributed by atoms with E-state index < -0.39 is 12.5 Å². The summed E-state index contributed by atoms with van der Waals surface area (Å²) in [6.45, 7) is 11.4. The van der Waals surface area contributed by atoms with Gasteiger partial charge < -0.3 is 4.74 Å². The number of ketones is 1. The van der Waals surface area contributed by atoms with E-state index in [0.717, 1.165) is 22.0 Å². The van der Waals surface area contributed by atoms with E-state index >= 15 is 0 Å². The van der Waals surface area contributed by atoms with Gasteiger partial charge in [0.05, 0.1) is 16.1 Å². The second-order valence-corrected chi connectivity index (χ2v) is 8.41. The summed E-state index contributed by atoms with van der Waals surface area (Å²) < 4.78 is 19.8. The molecule has 0 spiro atoms. The van der Waals surface area contributed by atoms with Gasteiger partial charge in [0.15, 0.2) is 12.5 Å². The van der Waals surface area contributed by atoms with Crippen LogP contribution in [-0.4, -0.2) is 18.6 Å². The molecule has 132 valence electrons. The third-order valence-corrected chi connectivity index (χ3v) is 5.20. The highest BCUT2D eigenvalue weighted by Crippen LogP contribution is 2.49. The van der Waals surface area contributed by atoms with Gasteiger partial charge in [0.1, 0.15) is 5.75 Å². The molecule has 4 heteroatoms. The van der Waals surface area contributed by atoms with Crippen LogP contribution in [0.2, 0.25) is 0 Å². The topological polar surface area (TPSA) is 26.3 Å². The van der Waals surface area contributed by atoms with Crippen LogP contribution in [0.3, 0.4) is 0 Å². The van der Waals surface area contributed by atoms with Crippen molar-refractivity contribution >= 4 is 27.3 Å². The van der Waals surface area contributed by atoms with E-state index in [1.807, 2.05) is 19.9 Å². The van der Waals surface area contributed by atoms with Crippen LogP contribution in [0.15, 0.2) is 16.6 Å². The molecule has 2 rings (SSSR count). The monoisotopic (exact) mass is 396 g/mol. The summed E-state index contributed by atoms with van der Waals surface area (Å²) in [5.74, 6) is 0.252. The summed E-state index contributed by atoms with van der Waals surface area (Å²) in [4.78, 5) is 12.2. The zero-order valence-electron chi connectivity index (χ0n) is 15.3. The highest BCUT2D eigenvalue weighted by atomic mass is 79.9. The molecule has 0 aromatic heterocycles. The summed E-state index contributed by atoms with van der Waals surface area (Å²) in [5, 5.41) is 0. The molecule has 0 atom stereocenters. The summed E-state index contributed by atoms with van der Waals surface area (Å²) >= 11 is 3.67. The van der Waals surface area contributed by atoms with Crippen molar-refractivity contribution in [3.63, 3.8) is 0 Å². The minimum absolute atomic E-state index is 0.0844. The summed E-state index contributed by atoms with van der Waals surface area (Å²) in [7, 11) is 0. The Balaban J connectivity index is 2.82. The first kappa shape index (κ1) is 19.2. The molecule has 0 heterocycles. The van der Waals surface area contributed by atoms with Crippen LogP contribution in [-0.2, 0) is 5.41 Å². The Morgan fingerprint density at radius 1 is 1.33 bits per heavy atom. The number of benzene rings is 1. The van der Waals surface area contributed by atoms with E-state index in [-0.39, 0.29) is 11.5 Å². The molecule has 0 unspecified atom stereocenters. The fourth-order valence-corrected chi connectivity index (χ4v) is 4.33. The van der Waals surface area contributed by atoms with Crippen molar-refractivity contribution in [1.29, 1.82) is 0 Å². The van der Waals surface area contributed by atoms with Gasteiger partial charge >= 0.3 is 0 Å². The highest BCUT2D eigenvalue weighted by molar-refractivity contribution is 9.10. The van der Waals surface area contributed by atoms with E-state index in [2.05, 4.69) is 49.7 Å². The Morgan fingerprint density at radius 2 is 1.96 bits per heavy atom. The number of alkyl halides is 1. The van der Waals surface area contributed by atoms with Crippen LogP contribution in [0, 0.1) is 5.92 Å². The first-order valence-electron chi connectivity index (χ1n) is 8.43. The van der Waals surface area contributed by atoms with Gasteiger partial charge in [-0.2, -0.15) is 0 Å². The third-order valence-electron chi connectivity index (χ3n) is 4.44. The zero-order valence-corrected chi connectivity index (χ0v) is 16.9. The lowest BCUT2D eigenvalue weighted by Gasteiger charge is -2.35. The number of fused-ring (bicyclic) bond motifs is 1. The molecule has 0 fully saturated rings. The van der Waals surface area contributed by atoms with Gasteiger partial charge in [-0.3, -0.25) is 4.79 Å². The molecule has 0 radical (unpaired) electrons. The maximum atomic E-state index is 13.1. The summed E-state index contributed by atoms with van der Waals surface area (Å²) in [6, 6.07) is 1.83. The minimum Gasteiger partial charge on any atom is -0.489 e. The molecular weight excluding hydrogens is 371 g/mol. The zero-order chi connectivity index (χ0) is 18.2. The van der Waals surface area contributed by atoms with E-state index in [0.29, 0.717) is 17.2 Å². The van der Waals surface area contributed by atoms with Crippen LogP contribution < -0.4 is 4.74 Å². The second kappa shape index (κ2) is 6.99. The van der Waals surface area contributed by atoms with Gasteiger partial charge in [-0.25, -0.2) is 4.39 Å². The summed E-state index contributed by atoms with van der Waals surface area (Å²) in [6.07, 6.45) is 3.06. The number of carbonyl (C=O) groups excluding carboxylic acids is 1. The Kier molecular flexibility index (Phi) is 5.58. The first-order valence-corrected chi connectivity index (χ1v) is 9.22. The SMILES string of the molecule is CC(C)Oc1c(C(=O)CF)cc2c(c1Br)C(C)(C)CC=C2C(C)C. The molecule has 1 aliphatic carbocycles. The van der Waals surface area contributed by atoms with Crippen molar-refractivity contribution in [3.05, 3.63) is 33.3 Å². The van der Waals surface area contributed by atoms with Crippen molar-refractivity contribution in [2.24, 2.45) is 5.92 Å². The maximum absolute atomic E-state index is 13.1. The lowest BCUT2D eigenvalue weighted by atomic mass is 9.71. The molecular formula is C20H26BrFO2. The predicted octanol–water partition coefficient (Wildman–Crippen LogP) is 6.11. The van der Waals surface area contributed by atoms with Crippen LogP contribution in [0.5, 0.6) is 5.75 Å². The molecule has 0 saturated heterocycles. The van der Waals surface area contributed by atoms with Crippen molar-refractivity contribution in [3.8, 4) is 5.75 Å². The van der Waals surface area contributed by atoms with E-state index in [1.54, 1.807) is 0 Å². The van der Waals surface area contributed by atoms with Gasteiger partial charge in [0, 0.05) is 0 Å². The fraction of sp³-hybridized carbons (Fsp3) is 0.550. The molecule has 2 nitrogen and oxygen atoms in total. The van der Waals surface area contributed by atoms with Crippen molar-refractivity contribution in [1.82, 2.24) is 0 Å². The van der Waals surface area contributed by atoms with Gasteiger partial charge in [-0.15, -0.1) is 0 Å². The third kappa shape index (κ3) is 3.44. The smallest absolute Gasteiger partial charge is 0.197 e. The van der Waals surface area contributed by atoms with Gasteiger partial charge in [-0.1, -0.05) is 33.8 Å². The van der Waals surface area contributed by atoms with E-state index in [9.17, 15) is 9.18 Å². The fourth-order valence-electron chi connectivity index (χ4n) is 3.28. The lowest BCUT2D eigenvalue weighted by molar-refractivity contribution is 0.0952. The van der Waals surface area contributed by atoms with Gasteiger partial charge in [0.25, 0.3) is 0 Å². The average molecular weight is 397 g/mol. The number of carbonyl (C=O) groups is 1. The van der Waals surface area contributed by atoms with Crippen LogP contribution in [0.4, 0.5) is 4.39 Å². The lowest BCUT2D eigenvalue weighted by Crippen LogP contribution is -2.25. The number of rotatable bonds is 5. The number of halogens is 2. The largest absolute Gasteiger partial charge is 0.489 e. The van der Waals surface area contributed by atoms with Crippen LogP contribution in [0.1, 0.15) is 69.4 Å². The standard InChI is InChI=1S/C20H26BrFO2/c1-11(2)13-7-8-20(5,6)17-14(13)9-15(16(23)10-22)19(18(17)21)24-12(3)4/h7,9,11-12H,8,10H2,1-6H3. The number of Topliss-reactive ketones (excluding diaryl/α,β-unsaturated/α-hetero) is 1. The minimum atomic E-state index is -1.02. The molecule has 24 heavy (non-hydrogen) atoms. The molecule has 1 aliphatic rings. The van der Waals surface area contributed by atoms with Crippen molar-refractivity contribution in [2.45, 2.75) is 59.5 Å². The Morgan fingerprint density at radius 3 is 2.46 bits per heavy atom. The van der Waals surface area contributed by atoms with Crippen LogP contribution in [0.25, 0.3) is 5.57 Å². The number of hydrogen-bond acceptors (Lipinski definition) is 2. The molecule has 1 aromatic rings. The van der Waals surface area contributed by atoms with Gasteiger partial charge in [0.2, 0.25) is 0 Å². The van der Waals surface area contributed by atoms with Crippen molar-refractivity contribution < 1.29 is 13.9 Å². The molecule has 1 aromatic carbocycles. The number of hydrogen-bond donors (Lipinski definition) is 0. The average Bonchev–Trinajstić information content (AvgIpc) is 2.47. The number of allylic oxidation sites excluding steroid dienone is 2. The normalized spacial score (nSPS) is 16.2. The Labute approximate surface area is 152 Å².